The highest BCUT2D eigenvalue weighted by atomic mass is 19.2. The Bertz CT molecular complexity index is 1510. The zero-order valence-electron chi connectivity index (χ0n) is 18.6. The van der Waals surface area contributed by atoms with E-state index in [-0.39, 0.29) is 10.7 Å². The van der Waals surface area contributed by atoms with E-state index in [9.17, 15) is 26.7 Å². The van der Waals surface area contributed by atoms with Crippen molar-refractivity contribution in [1.29, 1.82) is 0 Å². The predicted molar refractivity (Wildman–Crippen MR) is 119 cm³/mol. The number of rotatable bonds is 5. The van der Waals surface area contributed by atoms with E-state index in [1.807, 2.05) is 30.3 Å². The second kappa shape index (κ2) is 9.37. The maximum Gasteiger partial charge on any atom is 0.280 e. The Morgan fingerprint density at radius 1 is 0.811 bits per heavy atom. The highest BCUT2D eigenvalue weighted by molar-refractivity contribution is 6.18. The molecule has 2 aliphatic rings. The summed E-state index contributed by atoms with van der Waals surface area (Å²) in [5.74, 6) is -12.2. The number of carbonyl (C=O) groups excluding carboxylic acids is 1. The van der Waals surface area contributed by atoms with Crippen LogP contribution in [0.25, 0.3) is 11.1 Å². The Labute approximate surface area is 204 Å². The zero-order valence-corrected chi connectivity index (χ0v) is 18.6. The lowest BCUT2D eigenvalue weighted by atomic mass is 10.0. The third kappa shape index (κ3) is 4.26. The number of benzene rings is 3. The summed E-state index contributed by atoms with van der Waals surface area (Å²) in [5, 5.41) is 26.5. The van der Waals surface area contributed by atoms with Crippen LogP contribution in [0, 0.1) is 29.1 Å². The van der Waals surface area contributed by atoms with Gasteiger partial charge in [-0.2, -0.15) is 20.3 Å². The van der Waals surface area contributed by atoms with Crippen LogP contribution in [-0.4, -0.2) is 17.7 Å². The molecular weight excluding hydrogens is 499 g/mol. The highest BCUT2D eigenvalue weighted by Crippen LogP contribution is 2.34. The number of hydrazone groups is 1. The molecule has 186 valence electrons. The van der Waals surface area contributed by atoms with Gasteiger partial charge < -0.3 is 0 Å². The number of nitrogens with zero attached hydrogens (tertiary/aromatic N) is 8. The molecule has 5 rings (SSSR count). The van der Waals surface area contributed by atoms with E-state index < -0.39 is 52.9 Å². The summed E-state index contributed by atoms with van der Waals surface area (Å²) in [6, 6.07) is 12.7. The molecular formula is C23H13F5N8O. The number of azo groups is 1. The first-order valence-corrected chi connectivity index (χ1v) is 10.6. The van der Waals surface area contributed by atoms with Gasteiger partial charge in [0.05, 0.1) is 11.4 Å². The Morgan fingerprint density at radius 2 is 1.41 bits per heavy atom. The molecule has 2 aliphatic heterocycles. The van der Waals surface area contributed by atoms with Gasteiger partial charge in [-0.1, -0.05) is 30.3 Å². The SMILES string of the molecule is CC1=NN(c2c(F)c(F)c(F)c(F)c2F)C(=O)C1N=Nc1cccc(-c2cccc(C3N=NN=N3)c2)c1. The van der Waals surface area contributed by atoms with E-state index in [1.54, 1.807) is 18.2 Å². The van der Waals surface area contributed by atoms with Crippen LogP contribution < -0.4 is 5.01 Å². The maximum atomic E-state index is 14.2. The van der Waals surface area contributed by atoms with Gasteiger partial charge in [-0.3, -0.25) is 4.79 Å². The van der Waals surface area contributed by atoms with E-state index in [4.69, 9.17) is 0 Å². The molecule has 0 saturated heterocycles. The molecule has 0 aliphatic carbocycles. The second-order valence-electron chi connectivity index (χ2n) is 7.89. The van der Waals surface area contributed by atoms with Gasteiger partial charge >= 0.3 is 0 Å². The fourth-order valence-electron chi connectivity index (χ4n) is 3.68. The highest BCUT2D eigenvalue weighted by Gasteiger charge is 2.40. The summed E-state index contributed by atoms with van der Waals surface area (Å²) < 4.78 is 69.0. The maximum absolute atomic E-state index is 14.2. The first-order valence-electron chi connectivity index (χ1n) is 10.6. The molecule has 0 spiro atoms. The van der Waals surface area contributed by atoms with Gasteiger partial charge in [0, 0.05) is 5.56 Å². The van der Waals surface area contributed by atoms with Crippen molar-refractivity contribution in [3.05, 3.63) is 83.2 Å². The van der Waals surface area contributed by atoms with Crippen molar-refractivity contribution in [2.45, 2.75) is 19.1 Å². The average Bonchev–Trinajstić information content (AvgIpc) is 3.54. The molecule has 0 saturated carbocycles. The first-order chi connectivity index (χ1) is 17.8. The van der Waals surface area contributed by atoms with Crippen LogP contribution in [0.4, 0.5) is 33.3 Å². The molecule has 0 fully saturated rings. The fourth-order valence-corrected chi connectivity index (χ4v) is 3.68. The zero-order chi connectivity index (χ0) is 26.3. The van der Waals surface area contributed by atoms with Gasteiger partial charge in [-0.15, -0.1) is 10.2 Å². The molecule has 0 N–H and O–H groups in total. The van der Waals surface area contributed by atoms with Gasteiger partial charge in [0.25, 0.3) is 5.91 Å². The van der Waals surface area contributed by atoms with Gasteiger partial charge in [-0.25, -0.2) is 22.0 Å². The van der Waals surface area contributed by atoms with Crippen LogP contribution >= 0.6 is 0 Å². The van der Waals surface area contributed by atoms with Crippen molar-refractivity contribution in [2.75, 3.05) is 5.01 Å². The van der Waals surface area contributed by atoms with Gasteiger partial charge in [0.1, 0.15) is 5.69 Å². The van der Waals surface area contributed by atoms with Crippen LogP contribution in [0.2, 0.25) is 0 Å². The molecule has 1 atom stereocenters. The number of anilines is 1. The molecule has 3 aromatic carbocycles. The Morgan fingerprint density at radius 3 is 2.08 bits per heavy atom. The summed E-state index contributed by atoms with van der Waals surface area (Å²) in [4.78, 5) is 12.8. The minimum Gasteiger partial charge on any atom is -0.269 e. The Hall–Kier alpha value is -4.75. The number of carbonyl (C=O) groups is 1. The lowest BCUT2D eigenvalue weighted by molar-refractivity contribution is -0.118. The molecule has 3 aromatic rings. The summed E-state index contributed by atoms with van der Waals surface area (Å²) >= 11 is 0. The number of hydrogen-bond donors (Lipinski definition) is 0. The van der Waals surface area contributed by atoms with E-state index in [1.165, 1.54) is 6.92 Å². The molecule has 1 amide bonds. The molecule has 0 radical (unpaired) electrons. The lowest BCUT2D eigenvalue weighted by Crippen LogP contribution is -2.31. The first kappa shape index (κ1) is 24.0. The fraction of sp³-hybridized carbons (Fsp3) is 0.130. The standard InChI is InChI=1S/C23H13F5N8O/c1-10-20(23(37)36(33-10)21-18(27)16(25)15(24)17(26)19(21)28)30-29-14-7-3-5-12(9-14)11-4-2-6-13(8-11)22-31-34-35-32-22/h2-9,20,22H,1H3. The molecule has 0 bridgehead atoms. The molecule has 2 heterocycles. The summed E-state index contributed by atoms with van der Waals surface area (Å²) in [6.07, 6.45) is -0.529. The minimum atomic E-state index is -2.34. The molecule has 37 heavy (non-hydrogen) atoms. The van der Waals surface area contributed by atoms with Crippen LogP contribution in [0.1, 0.15) is 18.7 Å². The smallest absolute Gasteiger partial charge is 0.269 e. The third-order valence-corrected chi connectivity index (χ3v) is 5.51. The number of halogens is 5. The van der Waals surface area contributed by atoms with Crippen molar-refractivity contribution in [3.63, 3.8) is 0 Å². The van der Waals surface area contributed by atoms with Crippen molar-refractivity contribution in [1.82, 2.24) is 0 Å². The Balaban J connectivity index is 1.40. The van der Waals surface area contributed by atoms with Crippen LogP contribution in [0.3, 0.4) is 0 Å². The lowest BCUT2D eigenvalue weighted by Gasteiger charge is -2.15. The monoisotopic (exact) mass is 512 g/mol. The van der Waals surface area contributed by atoms with E-state index in [0.717, 1.165) is 16.7 Å². The van der Waals surface area contributed by atoms with Gasteiger partial charge in [0.2, 0.25) is 12.0 Å². The van der Waals surface area contributed by atoms with Crippen molar-refractivity contribution in [2.24, 2.45) is 36.0 Å². The molecule has 0 aromatic heterocycles. The summed E-state index contributed by atoms with van der Waals surface area (Å²) in [7, 11) is 0. The van der Waals surface area contributed by atoms with Crippen molar-refractivity contribution >= 4 is 23.0 Å². The average molecular weight is 512 g/mol. The predicted octanol–water partition coefficient (Wildman–Crippen LogP) is 6.76. The molecule has 9 nitrogen and oxygen atoms in total. The van der Waals surface area contributed by atoms with Gasteiger partial charge in [0.15, 0.2) is 29.3 Å². The number of hydrogen-bond acceptors (Lipinski definition) is 8. The normalized spacial score (nSPS) is 17.5. The second-order valence-corrected chi connectivity index (χ2v) is 7.89. The van der Waals surface area contributed by atoms with Crippen LogP contribution in [-0.2, 0) is 4.79 Å². The minimum absolute atomic E-state index is 0.0542. The van der Waals surface area contributed by atoms with Crippen LogP contribution in [0.5, 0.6) is 0 Å². The molecule has 14 heteroatoms. The van der Waals surface area contributed by atoms with Crippen molar-refractivity contribution in [3.8, 4) is 11.1 Å². The van der Waals surface area contributed by atoms with Crippen molar-refractivity contribution < 1.29 is 26.7 Å². The van der Waals surface area contributed by atoms with E-state index in [2.05, 4.69) is 36.0 Å². The molecule has 1 unspecified atom stereocenters. The third-order valence-electron chi connectivity index (χ3n) is 5.51. The topological polar surface area (TPSA) is 107 Å². The Kier molecular flexibility index (Phi) is 6.07. The van der Waals surface area contributed by atoms with E-state index >= 15 is 0 Å². The van der Waals surface area contributed by atoms with Crippen LogP contribution in [0.15, 0.2) is 84.5 Å². The summed E-state index contributed by atoms with van der Waals surface area (Å²) in [5.41, 5.74) is 1.11. The van der Waals surface area contributed by atoms with E-state index in [0.29, 0.717) is 5.69 Å². The summed E-state index contributed by atoms with van der Waals surface area (Å²) in [6.45, 7) is 1.31. The largest absolute Gasteiger partial charge is 0.280 e. The number of amides is 1. The quantitative estimate of drug-likeness (QED) is 0.160. The van der Waals surface area contributed by atoms with Gasteiger partial charge in [-0.05, 0) is 46.7 Å².